The van der Waals surface area contributed by atoms with Gasteiger partial charge in [0.1, 0.15) is 0 Å². The molecule has 2 rings (SSSR count). The zero-order valence-corrected chi connectivity index (χ0v) is 8.28. The van der Waals surface area contributed by atoms with Gasteiger partial charge in [0.25, 0.3) is 0 Å². The number of hydrogen-bond donors (Lipinski definition) is 1. The SMILES string of the molecule is NCc1cccc(N2CCOCC2)c1. The van der Waals surface area contributed by atoms with E-state index in [0.29, 0.717) is 6.54 Å². The Bertz CT molecular complexity index is 295. The van der Waals surface area contributed by atoms with E-state index in [9.17, 15) is 0 Å². The Labute approximate surface area is 84.5 Å². The van der Waals surface area contributed by atoms with Crippen LogP contribution in [0.4, 0.5) is 5.69 Å². The summed E-state index contributed by atoms with van der Waals surface area (Å²) in [5.74, 6) is 0. The third-order valence-electron chi connectivity index (χ3n) is 2.52. The van der Waals surface area contributed by atoms with Crippen LogP contribution in [0.15, 0.2) is 24.3 Å². The van der Waals surface area contributed by atoms with E-state index in [2.05, 4.69) is 29.2 Å². The van der Waals surface area contributed by atoms with Crippen molar-refractivity contribution in [3.05, 3.63) is 29.8 Å². The Hall–Kier alpha value is -1.06. The molecule has 1 fully saturated rings. The first-order valence-corrected chi connectivity index (χ1v) is 5.02. The van der Waals surface area contributed by atoms with Crippen LogP contribution < -0.4 is 10.6 Å². The molecule has 0 unspecified atom stereocenters. The average molecular weight is 192 g/mol. The first kappa shape index (κ1) is 9.49. The maximum atomic E-state index is 5.61. The Balaban J connectivity index is 2.13. The van der Waals surface area contributed by atoms with Gasteiger partial charge >= 0.3 is 0 Å². The highest BCUT2D eigenvalue weighted by Crippen LogP contribution is 2.16. The van der Waals surface area contributed by atoms with E-state index in [0.717, 1.165) is 26.3 Å². The van der Waals surface area contributed by atoms with E-state index in [-0.39, 0.29) is 0 Å². The van der Waals surface area contributed by atoms with Crippen LogP contribution in [0, 0.1) is 0 Å². The molecule has 0 aromatic heterocycles. The minimum atomic E-state index is 0.609. The van der Waals surface area contributed by atoms with E-state index in [1.807, 2.05) is 0 Å². The molecular weight excluding hydrogens is 176 g/mol. The molecule has 1 aliphatic heterocycles. The van der Waals surface area contributed by atoms with E-state index in [4.69, 9.17) is 10.5 Å². The summed E-state index contributed by atoms with van der Waals surface area (Å²) in [5, 5.41) is 0. The van der Waals surface area contributed by atoms with Crippen molar-refractivity contribution in [2.45, 2.75) is 6.54 Å². The fourth-order valence-corrected chi connectivity index (χ4v) is 1.70. The van der Waals surface area contributed by atoms with Gasteiger partial charge in [-0.15, -0.1) is 0 Å². The molecule has 0 radical (unpaired) electrons. The summed E-state index contributed by atoms with van der Waals surface area (Å²) < 4.78 is 5.31. The maximum absolute atomic E-state index is 5.61. The van der Waals surface area contributed by atoms with Crippen LogP contribution in [0.3, 0.4) is 0 Å². The normalized spacial score (nSPS) is 17.1. The van der Waals surface area contributed by atoms with Gasteiger partial charge in [-0.1, -0.05) is 12.1 Å². The molecule has 0 spiro atoms. The zero-order chi connectivity index (χ0) is 9.80. The quantitative estimate of drug-likeness (QED) is 0.759. The minimum Gasteiger partial charge on any atom is -0.378 e. The minimum absolute atomic E-state index is 0.609. The van der Waals surface area contributed by atoms with Gasteiger partial charge in [0.15, 0.2) is 0 Å². The number of nitrogens with zero attached hydrogens (tertiary/aromatic N) is 1. The second-order valence-electron chi connectivity index (χ2n) is 3.47. The highest BCUT2D eigenvalue weighted by atomic mass is 16.5. The van der Waals surface area contributed by atoms with Gasteiger partial charge in [-0.05, 0) is 17.7 Å². The molecule has 1 aliphatic rings. The number of rotatable bonds is 2. The van der Waals surface area contributed by atoms with Crippen LogP contribution in [-0.2, 0) is 11.3 Å². The number of anilines is 1. The fraction of sp³-hybridized carbons (Fsp3) is 0.455. The van der Waals surface area contributed by atoms with Crippen LogP contribution >= 0.6 is 0 Å². The Morgan fingerprint density at radius 3 is 2.79 bits per heavy atom. The van der Waals surface area contributed by atoms with E-state index in [1.165, 1.54) is 11.3 Å². The largest absolute Gasteiger partial charge is 0.378 e. The monoisotopic (exact) mass is 192 g/mol. The van der Waals surface area contributed by atoms with Crippen molar-refractivity contribution >= 4 is 5.69 Å². The zero-order valence-electron chi connectivity index (χ0n) is 8.28. The van der Waals surface area contributed by atoms with Gasteiger partial charge in [0.2, 0.25) is 0 Å². The number of benzene rings is 1. The summed E-state index contributed by atoms with van der Waals surface area (Å²) >= 11 is 0. The van der Waals surface area contributed by atoms with Crippen molar-refractivity contribution in [2.24, 2.45) is 5.73 Å². The summed E-state index contributed by atoms with van der Waals surface area (Å²) in [7, 11) is 0. The summed E-state index contributed by atoms with van der Waals surface area (Å²) in [6.07, 6.45) is 0. The highest BCUT2D eigenvalue weighted by molar-refractivity contribution is 5.48. The van der Waals surface area contributed by atoms with Gasteiger partial charge in [-0.3, -0.25) is 0 Å². The fourth-order valence-electron chi connectivity index (χ4n) is 1.70. The van der Waals surface area contributed by atoms with Gasteiger partial charge in [0, 0.05) is 25.3 Å². The topological polar surface area (TPSA) is 38.5 Å². The third-order valence-corrected chi connectivity index (χ3v) is 2.52. The smallest absolute Gasteiger partial charge is 0.0642 e. The van der Waals surface area contributed by atoms with Crippen LogP contribution in [0.5, 0.6) is 0 Å². The molecule has 2 N–H and O–H groups in total. The Kier molecular flexibility index (Phi) is 3.01. The molecule has 76 valence electrons. The van der Waals surface area contributed by atoms with Crippen molar-refractivity contribution in [2.75, 3.05) is 31.2 Å². The first-order valence-electron chi connectivity index (χ1n) is 5.02. The molecule has 3 heteroatoms. The molecule has 0 saturated carbocycles. The number of hydrogen-bond acceptors (Lipinski definition) is 3. The lowest BCUT2D eigenvalue weighted by atomic mass is 10.2. The average Bonchev–Trinajstić information content (AvgIpc) is 2.30. The van der Waals surface area contributed by atoms with E-state index < -0.39 is 0 Å². The molecule has 0 amide bonds. The lowest BCUT2D eigenvalue weighted by molar-refractivity contribution is 0.122. The molecule has 14 heavy (non-hydrogen) atoms. The van der Waals surface area contributed by atoms with Crippen LogP contribution in [0.1, 0.15) is 5.56 Å². The lowest BCUT2D eigenvalue weighted by Gasteiger charge is -2.29. The molecule has 0 aliphatic carbocycles. The molecule has 3 nitrogen and oxygen atoms in total. The van der Waals surface area contributed by atoms with Crippen molar-refractivity contribution in [3.8, 4) is 0 Å². The van der Waals surface area contributed by atoms with Gasteiger partial charge in [-0.25, -0.2) is 0 Å². The van der Waals surface area contributed by atoms with Crippen molar-refractivity contribution in [3.63, 3.8) is 0 Å². The second kappa shape index (κ2) is 4.44. The van der Waals surface area contributed by atoms with Crippen LogP contribution in [-0.4, -0.2) is 26.3 Å². The standard InChI is InChI=1S/C11H16N2O/c12-9-10-2-1-3-11(8-10)13-4-6-14-7-5-13/h1-3,8H,4-7,9,12H2. The van der Waals surface area contributed by atoms with Gasteiger partial charge < -0.3 is 15.4 Å². The summed E-state index contributed by atoms with van der Waals surface area (Å²) in [6.45, 7) is 4.22. The highest BCUT2D eigenvalue weighted by Gasteiger charge is 2.10. The maximum Gasteiger partial charge on any atom is 0.0642 e. The summed E-state index contributed by atoms with van der Waals surface area (Å²) in [6, 6.07) is 8.41. The van der Waals surface area contributed by atoms with Gasteiger partial charge in [-0.2, -0.15) is 0 Å². The van der Waals surface area contributed by atoms with Crippen LogP contribution in [0.25, 0.3) is 0 Å². The molecule has 0 atom stereocenters. The molecular formula is C11H16N2O. The number of nitrogens with two attached hydrogens (primary N) is 1. The summed E-state index contributed by atoms with van der Waals surface area (Å²) in [5.41, 5.74) is 8.05. The number of ether oxygens (including phenoxy) is 1. The van der Waals surface area contributed by atoms with Crippen molar-refractivity contribution < 1.29 is 4.74 Å². The van der Waals surface area contributed by atoms with Crippen molar-refractivity contribution in [1.29, 1.82) is 0 Å². The molecule has 0 bridgehead atoms. The van der Waals surface area contributed by atoms with E-state index >= 15 is 0 Å². The lowest BCUT2D eigenvalue weighted by Crippen LogP contribution is -2.36. The predicted octanol–water partition coefficient (Wildman–Crippen LogP) is 0.982. The molecule has 1 aromatic carbocycles. The second-order valence-corrected chi connectivity index (χ2v) is 3.47. The first-order chi connectivity index (χ1) is 6.90. The molecule has 1 saturated heterocycles. The van der Waals surface area contributed by atoms with E-state index in [1.54, 1.807) is 0 Å². The Morgan fingerprint density at radius 1 is 1.29 bits per heavy atom. The third kappa shape index (κ3) is 2.05. The summed E-state index contributed by atoms with van der Waals surface area (Å²) in [4.78, 5) is 2.34. The predicted molar refractivity (Wildman–Crippen MR) is 57.4 cm³/mol. The van der Waals surface area contributed by atoms with Crippen LogP contribution in [0.2, 0.25) is 0 Å². The Morgan fingerprint density at radius 2 is 2.07 bits per heavy atom. The van der Waals surface area contributed by atoms with Gasteiger partial charge in [0.05, 0.1) is 13.2 Å². The van der Waals surface area contributed by atoms with Crippen molar-refractivity contribution in [1.82, 2.24) is 0 Å². The molecule has 1 heterocycles. The number of morpholine rings is 1. The molecule has 1 aromatic rings.